The average molecular weight is 453 g/mol. The van der Waals surface area contributed by atoms with Gasteiger partial charge in [0.05, 0.1) is 12.0 Å². The van der Waals surface area contributed by atoms with Crippen LogP contribution >= 0.6 is 0 Å². The normalized spacial score (nSPS) is 12.2. The molecule has 168 valence electrons. The molecule has 0 bridgehead atoms. The fraction of sp³-hybridized carbons (Fsp3) is 0.240. The third kappa shape index (κ3) is 5.75. The molecule has 0 heterocycles. The van der Waals surface area contributed by atoms with Gasteiger partial charge in [0.15, 0.2) is 0 Å². The van der Waals surface area contributed by atoms with Crippen molar-refractivity contribution in [2.45, 2.75) is 38.1 Å². The first-order valence-corrected chi connectivity index (χ1v) is 11.8. The van der Waals surface area contributed by atoms with Gasteiger partial charge in [0.1, 0.15) is 11.8 Å². The van der Waals surface area contributed by atoms with Crippen molar-refractivity contribution in [1.29, 1.82) is 0 Å². The quantitative estimate of drug-likeness (QED) is 0.538. The number of aryl methyl sites for hydroxylation is 3. The predicted octanol–water partition coefficient (Wildman–Crippen LogP) is 4.15. The highest BCUT2D eigenvalue weighted by atomic mass is 32.2. The van der Waals surface area contributed by atoms with E-state index in [1.807, 2.05) is 62.4 Å². The number of anilines is 1. The number of nitrogens with one attached hydrogen (secondary N) is 2. The summed E-state index contributed by atoms with van der Waals surface area (Å²) in [4.78, 5) is 13.3. The second-order valence-electron chi connectivity index (χ2n) is 7.80. The largest absolute Gasteiger partial charge is 0.496 e. The summed E-state index contributed by atoms with van der Waals surface area (Å²) in [6.45, 7) is 5.60. The molecule has 7 heteroatoms. The minimum atomic E-state index is -3.95. The molecule has 1 amide bonds. The molecule has 6 nitrogen and oxygen atoms in total. The van der Waals surface area contributed by atoms with Crippen molar-refractivity contribution in [3.63, 3.8) is 0 Å². The van der Waals surface area contributed by atoms with Crippen LogP contribution in [0.1, 0.15) is 22.3 Å². The molecule has 0 fully saturated rings. The van der Waals surface area contributed by atoms with Gasteiger partial charge in [-0.25, -0.2) is 8.42 Å². The van der Waals surface area contributed by atoms with E-state index in [1.54, 1.807) is 13.0 Å². The van der Waals surface area contributed by atoms with Gasteiger partial charge in [0.25, 0.3) is 0 Å². The van der Waals surface area contributed by atoms with Gasteiger partial charge in [0, 0.05) is 5.69 Å². The number of hydrogen-bond donors (Lipinski definition) is 2. The Balaban J connectivity index is 1.90. The molecular weight excluding hydrogens is 424 g/mol. The van der Waals surface area contributed by atoms with Crippen LogP contribution in [-0.4, -0.2) is 27.5 Å². The van der Waals surface area contributed by atoms with E-state index in [0.717, 1.165) is 16.7 Å². The van der Waals surface area contributed by atoms with Crippen LogP contribution in [0.25, 0.3) is 0 Å². The highest BCUT2D eigenvalue weighted by Gasteiger charge is 2.27. The molecule has 0 unspecified atom stereocenters. The molecule has 0 aliphatic heterocycles. The van der Waals surface area contributed by atoms with Gasteiger partial charge >= 0.3 is 0 Å². The summed E-state index contributed by atoms with van der Waals surface area (Å²) in [5.74, 6) is 0.175. The zero-order valence-electron chi connectivity index (χ0n) is 18.7. The molecule has 0 saturated heterocycles. The average Bonchev–Trinajstić information content (AvgIpc) is 2.76. The zero-order chi connectivity index (χ0) is 23.3. The molecule has 3 rings (SSSR count). The summed E-state index contributed by atoms with van der Waals surface area (Å²) in [5.41, 5.74) is 4.10. The van der Waals surface area contributed by atoms with E-state index in [0.29, 0.717) is 17.0 Å². The van der Waals surface area contributed by atoms with Crippen LogP contribution in [-0.2, 0) is 21.2 Å². The minimum Gasteiger partial charge on any atom is -0.496 e. The first-order valence-electron chi connectivity index (χ1n) is 10.3. The summed E-state index contributed by atoms with van der Waals surface area (Å²) < 4.78 is 34.1. The van der Waals surface area contributed by atoms with Crippen LogP contribution in [0.15, 0.2) is 71.6 Å². The molecule has 0 aliphatic carbocycles. The Bertz CT molecular complexity index is 1210. The summed E-state index contributed by atoms with van der Waals surface area (Å²) in [6.07, 6.45) is 0.214. The van der Waals surface area contributed by atoms with Gasteiger partial charge in [-0.3, -0.25) is 4.79 Å². The Morgan fingerprint density at radius 3 is 2.31 bits per heavy atom. The smallest absolute Gasteiger partial charge is 0.242 e. The van der Waals surface area contributed by atoms with E-state index in [9.17, 15) is 13.2 Å². The number of sulfonamides is 1. The molecule has 3 aromatic carbocycles. The highest BCUT2D eigenvalue weighted by Crippen LogP contribution is 2.22. The molecule has 0 aromatic heterocycles. The third-order valence-electron chi connectivity index (χ3n) is 5.22. The van der Waals surface area contributed by atoms with Crippen LogP contribution in [0.5, 0.6) is 5.75 Å². The summed E-state index contributed by atoms with van der Waals surface area (Å²) in [6, 6.07) is 18.7. The maximum atomic E-state index is 13.2. The summed E-state index contributed by atoms with van der Waals surface area (Å²) >= 11 is 0. The first kappa shape index (κ1) is 23.5. The molecule has 32 heavy (non-hydrogen) atoms. The Morgan fingerprint density at radius 1 is 0.938 bits per heavy atom. The number of carbonyl (C=O) groups excluding carboxylic acids is 1. The summed E-state index contributed by atoms with van der Waals surface area (Å²) in [5, 5.41) is 2.89. The summed E-state index contributed by atoms with van der Waals surface area (Å²) in [7, 11) is -2.42. The van der Waals surface area contributed by atoms with E-state index in [-0.39, 0.29) is 11.3 Å². The standard InChI is InChI=1S/C25H28N2O4S/c1-17-10-11-18(2)22(14-17)26-25(28)23(16-20-8-6-5-7-9-20)27-32(29,30)21-12-13-24(31-4)19(3)15-21/h5-15,23,27H,16H2,1-4H3,(H,26,28)/t23-/m0/s1. The van der Waals surface area contributed by atoms with Crippen molar-refractivity contribution < 1.29 is 17.9 Å². The lowest BCUT2D eigenvalue weighted by Crippen LogP contribution is -2.45. The number of ether oxygens (including phenoxy) is 1. The Hall–Kier alpha value is -3.16. The van der Waals surface area contributed by atoms with Gasteiger partial charge in [0.2, 0.25) is 15.9 Å². The lowest BCUT2D eigenvalue weighted by Gasteiger charge is -2.20. The van der Waals surface area contributed by atoms with Gasteiger partial charge < -0.3 is 10.1 Å². The zero-order valence-corrected chi connectivity index (χ0v) is 19.5. The fourth-order valence-corrected chi connectivity index (χ4v) is 4.68. The van der Waals surface area contributed by atoms with Crippen molar-refractivity contribution in [2.75, 3.05) is 12.4 Å². The number of carbonyl (C=O) groups is 1. The molecule has 0 spiro atoms. The van der Waals surface area contributed by atoms with Crippen LogP contribution in [0.4, 0.5) is 5.69 Å². The molecule has 2 N–H and O–H groups in total. The van der Waals surface area contributed by atoms with Crippen molar-refractivity contribution in [1.82, 2.24) is 4.72 Å². The highest BCUT2D eigenvalue weighted by molar-refractivity contribution is 7.89. The molecule has 0 aliphatic rings. The van der Waals surface area contributed by atoms with E-state index in [4.69, 9.17) is 4.74 Å². The van der Waals surface area contributed by atoms with Gasteiger partial charge in [-0.05, 0) is 73.7 Å². The monoisotopic (exact) mass is 452 g/mol. The van der Waals surface area contributed by atoms with E-state index < -0.39 is 22.0 Å². The van der Waals surface area contributed by atoms with Crippen LogP contribution < -0.4 is 14.8 Å². The third-order valence-corrected chi connectivity index (χ3v) is 6.69. The van der Waals surface area contributed by atoms with E-state index >= 15 is 0 Å². The molecule has 3 aromatic rings. The van der Waals surface area contributed by atoms with Crippen LogP contribution in [0.3, 0.4) is 0 Å². The van der Waals surface area contributed by atoms with Crippen molar-refractivity contribution in [3.8, 4) is 5.75 Å². The molecule has 0 saturated carbocycles. The first-order chi connectivity index (χ1) is 15.2. The SMILES string of the molecule is COc1ccc(S(=O)(=O)N[C@@H](Cc2ccccc2)C(=O)Nc2cc(C)ccc2C)cc1C. The second kappa shape index (κ2) is 9.97. The Morgan fingerprint density at radius 2 is 1.66 bits per heavy atom. The van der Waals surface area contributed by atoms with Gasteiger partial charge in [-0.1, -0.05) is 42.5 Å². The molecular formula is C25H28N2O4S. The number of methoxy groups -OCH3 is 1. The lowest BCUT2D eigenvalue weighted by molar-refractivity contribution is -0.117. The number of rotatable bonds is 8. The van der Waals surface area contributed by atoms with Crippen LogP contribution in [0, 0.1) is 20.8 Å². The number of amides is 1. The van der Waals surface area contributed by atoms with Crippen molar-refractivity contribution >= 4 is 21.6 Å². The van der Waals surface area contributed by atoms with E-state index in [1.165, 1.54) is 19.2 Å². The number of hydrogen-bond acceptors (Lipinski definition) is 4. The maximum absolute atomic E-state index is 13.2. The predicted molar refractivity (Wildman–Crippen MR) is 127 cm³/mol. The second-order valence-corrected chi connectivity index (χ2v) is 9.52. The minimum absolute atomic E-state index is 0.0772. The molecule has 0 radical (unpaired) electrons. The van der Waals surface area contributed by atoms with Crippen LogP contribution in [0.2, 0.25) is 0 Å². The van der Waals surface area contributed by atoms with Gasteiger partial charge in [-0.15, -0.1) is 0 Å². The number of benzene rings is 3. The Labute approximate surface area is 189 Å². The Kier molecular flexibility index (Phi) is 7.33. The van der Waals surface area contributed by atoms with Crippen molar-refractivity contribution in [2.24, 2.45) is 0 Å². The van der Waals surface area contributed by atoms with Crippen molar-refractivity contribution in [3.05, 3.63) is 89.0 Å². The fourth-order valence-electron chi connectivity index (χ4n) is 3.40. The maximum Gasteiger partial charge on any atom is 0.242 e. The molecule has 1 atom stereocenters. The van der Waals surface area contributed by atoms with E-state index in [2.05, 4.69) is 10.0 Å². The van der Waals surface area contributed by atoms with Gasteiger partial charge in [-0.2, -0.15) is 4.72 Å². The topological polar surface area (TPSA) is 84.5 Å². The lowest BCUT2D eigenvalue weighted by atomic mass is 10.1.